The lowest BCUT2D eigenvalue weighted by Crippen LogP contribution is -2.14. The Bertz CT molecular complexity index is 602. The number of aryl methyl sites for hydroxylation is 2. The van der Waals surface area contributed by atoms with Crippen molar-refractivity contribution in [1.29, 1.82) is 0 Å². The number of H-pyrrole nitrogens is 1. The number of anilines is 1. The van der Waals surface area contributed by atoms with Gasteiger partial charge in [-0.2, -0.15) is 5.10 Å². The maximum Gasteiger partial charge on any atom is 0.257 e. The number of rotatable bonds is 2. The van der Waals surface area contributed by atoms with Crippen LogP contribution in [-0.2, 0) is 0 Å². The number of aromatic amines is 1. The highest BCUT2D eigenvalue weighted by atomic mass is 16.3. The second kappa shape index (κ2) is 4.52. The molecule has 0 radical (unpaired) electrons. The van der Waals surface area contributed by atoms with Crippen molar-refractivity contribution in [3.05, 3.63) is 40.6 Å². The number of aromatic nitrogens is 2. The molecule has 18 heavy (non-hydrogen) atoms. The van der Waals surface area contributed by atoms with E-state index < -0.39 is 0 Å². The standard InChI is InChI=1S/C13H15N3O2/c1-7-6-10(17)4-5-11(7)13(18)14-12-8(2)9(3)15-16-12/h4-6,17H,1-3H3,(H2,14,15,16,18). The van der Waals surface area contributed by atoms with Crippen molar-refractivity contribution in [1.82, 2.24) is 10.2 Å². The fraction of sp³-hybridized carbons (Fsp3) is 0.231. The molecule has 5 nitrogen and oxygen atoms in total. The van der Waals surface area contributed by atoms with Crippen molar-refractivity contribution in [2.24, 2.45) is 0 Å². The Morgan fingerprint density at radius 1 is 1.33 bits per heavy atom. The second-order valence-corrected chi connectivity index (χ2v) is 4.28. The van der Waals surface area contributed by atoms with Gasteiger partial charge in [0.15, 0.2) is 5.82 Å². The Balaban J connectivity index is 2.25. The number of nitrogens with zero attached hydrogens (tertiary/aromatic N) is 1. The normalized spacial score (nSPS) is 10.4. The number of carbonyl (C=O) groups excluding carboxylic acids is 1. The van der Waals surface area contributed by atoms with Gasteiger partial charge in [-0.25, -0.2) is 0 Å². The zero-order chi connectivity index (χ0) is 13.3. The van der Waals surface area contributed by atoms with Crippen LogP contribution in [-0.4, -0.2) is 21.2 Å². The summed E-state index contributed by atoms with van der Waals surface area (Å²) in [5.74, 6) is 0.447. The molecule has 0 unspecified atom stereocenters. The van der Waals surface area contributed by atoms with Gasteiger partial charge in [0.05, 0.1) is 0 Å². The molecule has 0 bridgehead atoms. The summed E-state index contributed by atoms with van der Waals surface area (Å²) in [4.78, 5) is 12.1. The number of amides is 1. The molecule has 0 fully saturated rings. The summed E-state index contributed by atoms with van der Waals surface area (Å²) >= 11 is 0. The molecule has 1 aromatic heterocycles. The van der Waals surface area contributed by atoms with Crippen molar-refractivity contribution in [3.63, 3.8) is 0 Å². The van der Waals surface area contributed by atoms with Gasteiger partial charge in [0.2, 0.25) is 0 Å². The first kappa shape index (κ1) is 12.2. The number of phenols is 1. The van der Waals surface area contributed by atoms with Gasteiger partial charge in [0, 0.05) is 16.8 Å². The van der Waals surface area contributed by atoms with E-state index in [1.165, 1.54) is 6.07 Å². The highest BCUT2D eigenvalue weighted by molar-refractivity contribution is 6.05. The van der Waals surface area contributed by atoms with E-state index >= 15 is 0 Å². The summed E-state index contributed by atoms with van der Waals surface area (Å²) in [7, 11) is 0. The summed E-state index contributed by atoms with van der Waals surface area (Å²) < 4.78 is 0. The van der Waals surface area contributed by atoms with Crippen LogP contribution in [0.3, 0.4) is 0 Å². The van der Waals surface area contributed by atoms with Gasteiger partial charge in [0.1, 0.15) is 5.75 Å². The smallest absolute Gasteiger partial charge is 0.257 e. The average Bonchev–Trinajstić information content (AvgIpc) is 2.61. The lowest BCUT2D eigenvalue weighted by molar-refractivity contribution is 0.102. The van der Waals surface area contributed by atoms with Crippen LogP contribution in [0.1, 0.15) is 27.2 Å². The lowest BCUT2D eigenvalue weighted by atomic mass is 10.1. The number of hydrogen-bond donors (Lipinski definition) is 3. The Morgan fingerprint density at radius 2 is 2.06 bits per heavy atom. The van der Waals surface area contributed by atoms with Gasteiger partial charge in [-0.15, -0.1) is 0 Å². The molecule has 94 valence electrons. The van der Waals surface area contributed by atoms with E-state index in [4.69, 9.17) is 0 Å². The number of nitrogens with one attached hydrogen (secondary N) is 2. The molecule has 0 saturated heterocycles. The molecule has 2 aromatic rings. The number of aromatic hydroxyl groups is 1. The van der Waals surface area contributed by atoms with Crippen LogP contribution in [0.5, 0.6) is 5.75 Å². The molecule has 1 amide bonds. The van der Waals surface area contributed by atoms with Gasteiger partial charge >= 0.3 is 0 Å². The van der Waals surface area contributed by atoms with E-state index in [1.54, 1.807) is 19.1 Å². The van der Waals surface area contributed by atoms with Crippen LogP contribution in [0.15, 0.2) is 18.2 Å². The third kappa shape index (κ3) is 2.20. The first-order chi connectivity index (χ1) is 8.49. The first-order valence-corrected chi connectivity index (χ1v) is 5.61. The van der Waals surface area contributed by atoms with E-state index in [1.807, 2.05) is 13.8 Å². The average molecular weight is 245 g/mol. The van der Waals surface area contributed by atoms with Gasteiger partial charge in [-0.3, -0.25) is 9.89 Å². The molecule has 0 aliphatic rings. The minimum atomic E-state index is -0.234. The highest BCUT2D eigenvalue weighted by Gasteiger charge is 2.13. The maximum atomic E-state index is 12.1. The Morgan fingerprint density at radius 3 is 2.61 bits per heavy atom. The van der Waals surface area contributed by atoms with E-state index in [2.05, 4.69) is 15.5 Å². The van der Waals surface area contributed by atoms with E-state index in [9.17, 15) is 9.90 Å². The molecular weight excluding hydrogens is 230 g/mol. The van der Waals surface area contributed by atoms with Crippen LogP contribution in [0.2, 0.25) is 0 Å². The van der Waals surface area contributed by atoms with Crippen molar-refractivity contribution in [3.8, 4) is 5.75 Å². The summed E-state index contributed by atoms with van der Waals surface area (Å²) in [5.41, 5.74) is 3.08. The quantitative estimate of drug-likeness (QED) is 0.759. The molecule has 5 heteroatoms. The molecule has 2 rings (SSSR count). The highest BCUT2D eigenvalue weighted by Crippen LogP contribution is 2.19. The van der Waals surface area contributed by atoms with Crippen LogP contribution in [0.4, 0.5) is 5.82 Å². The number of phenolic OH excluding ortho intramolecular Hbond substituents is 1. The fourth-order valence-electron chi connectivity index (χ4n) is 1.68. The molecule has 0 saturated carbocycles. The molecule has 3 N–H and O–H groups in total. The molecule has 0 aliphatic heterocycles. The third-order valence-corrected chi connectivity index (χ3v) is 2.94. The summed E-state index contributed by atoms with van der Waals surface area (Å²) in [6.45, 7) is 5.55. The van der Waals surface area contributed by atoms with Crippen LogP contribution >= 0.6 is 0 Å². The molecule has 1 aromatic carbocycles. The molecule has 0 spiro atoms. The largest absolute Gasteiger partial charge is 0.508 e. The minimum Gasteiger partial charge on any atom is -0.508 e. The Kier molecular flexibility index (Phi) is 3.06. The zero-order valence-corrected chi connectivity index (χ0v) is 10.5. The first-order valence-electron chi connectivity index (χ1n) is 5.61. The van der Waals surface area contributed by atoms with Crippen LogP contribution < -0.4 is 5.32 Å². The molecular formula is C13H15N3O2. The Labute approximate surface area is 105 Å². The molecule has 0 atom stereocenters. The summed E-state index contributed by atoms with van der Waals surface area (Å²) in [6, 6.07) is 4.64. The van der Waals surface area contributed by atoms with Crippen molar-refractivity contribution >= 4 is 11.7 Å². The predicted octanol–water partition coefficient (Wildman–Crippen LogP) is 2.29. The fourth-order valence-corrected chi connectivity index (χ4v) is 1.68. The maximum absolute atomic E-state index is 12.1. The predicted molar refractivity (Wildman–Crippen MR) is 68.9 cm³/mol. The third-order valence-electron chi connectivity index (χ3n) is 2.94. The van der Waals surface area contributed by atoms with Gasteiger partial charge in [-0.05, 0) is 44.5 Å². The van der Waals surface area contributed by atoms with Crippen LogP contribution in [0, 0.1) is 20.8 Å². The summed E-state index contributed by atoms with van der Waals surface area (Å²) in [6.07, 6.45) is 0. The topological polar surface area (TPSA) is 78.0 Å². The number of benzene rings is 1. The Hall–Kier alpha value is -2.30. The van der Waals surface area contributed by atoms with E-state index in [0.29, 0.717) is 11.4 Å². The van der Waals surface area contributed by atoms with Crippen molar-refractivity contribution in [2.45, 2.75) is 20.8 Å². The SMILES string of the molecule is Cc1cc(O)ccc1C(=O)Nc1n[nH]c(C)c1C. The van der Waals surface area contributed by atoms with Crippen molar-refractivity contribution < 1.29 is 9.90 Å². The second-order valence-electron chi connectivity index (χ2n) is 4.28. The number of carbonyl (C=O) groups is 1. The van der Waals surface area contributed by atoms with Gasteiger partial charge in [0.25, 0.3) is 5.91 Å². The molecule has 1 heterocycles. The zero-order valence-electron chi connectivity index (χ0n) is 10.5. The van der Waals surface area contributed by atoms with E-state index in [-0.39, 0.29) is 11.7 Å². The minimum absolute atomic E-state index is 0.149. The van der Waals surface area contributed by atoms with Crippen molar-refractivity contribution in [2.75, 3.05) is 5.32 Å². The number of hydrogen-bond acceptors (Lipinski definition) is 3. The summed E-state index contributed by atoms with van der Waals surface area (Å²) in [5, 5.41) is 18.9. The van der Waals surface area contributed by atoms with Gasteiger partial charge < -0.3 is 10.4 Å². The molecule has 0 aliphatic carbocycles. The lowest BCUT2D eigenvalue weighted by Gasteiger charge is -2.06. The van der Waals surface area contributed by atoms with E-state index in [0.717, 1.165) is 16.8 Å². The van der Waals surface area contributed by atoms with Crippen LogP contribution in [0.25, 0.3) is 0 Å². The monoisotopic (exact) mass is 245 g/mol. The van der Waals surface area contributed by atoms with Gasteiger partial charge in [-0.1, -0.05) is 0 Å².